The van der Waals surface area contributed by atoms with Gasteiger partial charge in [-0.3, -0.25) is 0 Å². The van der Waals surface area contributed by atoms with Gasteiger partial charge in [-0.25, -0.2) is 0 Å². The molecule has 0 aliphatic heterocycles. The van der Waals surface area contributed by atoms with Crippen LogP contribution in [0.2, 0.25) is 0 Å². The summed E-state index contributed by atoms with van der Waals surface area (Å²) in [7, 11) is 0. The zero-order valence-electron chi connectivity index (χ0n) is 6.59. The fraction of sp³-hybridized carbons (Fsp3) is 0.200. The molecule has 1 heteroatoms. The summed E-state index contributed by atoms with van der Waals surface area (Å²) in [5, 5.41) is 0. The number of allylic oxidation sites excluding steroid dienone is 4. The third-order valence-corrected chi connectivity index (χ3v) is 1.47. The maximum atomic E-state index is 5.50. The van der Waals surface area contributed by atoms with Crippen LogP contribution in [0.15, 0.2) is 46.9 Å². The first-order chi connectivity index (χ1) is 5.38. The Morgan fingerprint density at radius 1 is 1.64 bits per heavy atom. The van der Waals surface area contributed by atoms with Crippen molar-refractivity contribution in [3.8, 4) is 0 Å². The van der Waals surface area contributed by atoms with E-state index in [1.54, 1.807) is 0 Å². The highest BCUT2D eigenvalue weighted by Gasteiger charge is 1.98. The summed E-state index contributed by atoms with van der Waals surface area (Å²) < 4.78 is 0. The van der Waals surface area contributed by atoms with Gasteiger partial charge >= 0.3 is 0 Å². The predicted octanol–water partition coefficient (Wildman–Crippen LogP) is 1.70. The largest absolute Gasteiger partial charge is 0.326 e. The Labute approximate surface area is 66.9 Å². The Morgan fingerprint density at radius 3 is 3.09 bits per heavy atom. The van der Waals surface area contributed by atoms with Gasteiger partial charge in [0.15, 0.2) is 0 Å². The maximum absolute atomic E-state index is 5.50. The van der Waals surface area contributed by atoms with E-state index in [-0.39, 0.29) is 0 Å². The molecule has 1 aliphatic carbocycles. The molecule has 56 valence electrons. The SMILES string of the molecule is C/C=C\C1=CC=C=C=C1CN. The van der Waals surface area contributed by atoms with E-state index in [0.29, 0.717) is 6.54 Å². The van der Waals surface area contributed by atoms with E-state index in [0.717, 1.165) is 11.1 Å². The first kappa shape index (κ1) is 7.84. The second-order valence-electron chi connectivity index (χ2n) is 2.24. The Kier molecular flexibility index (Phi) is 2.71. The normalized spacial score (nSPS) is 15.5. The van der Waals surface area contributed by atoms with Crippen LogP contribution in [0, 0.1) is 0 Å². The number of hydrogen-bond donors (Lipinski definition) is 1. The highest BCUT2D eigenvalue weighted by molar-refractivity contribution is 5.44. The van der Waals surface area contributed by atoms with Crippen molar-refractivity contribution >= 4 is 0 Å². The maximum Gasteiger partial charge on any atom is 0.0265 e. The second-order valence-corrected chi connectivity index (χ2v) is 2.24. The lowest BCUT2D eigenvalue weighted by atomic mass is 10.0. The highest BCUT2D eigenvalue weighted by atomic mass is 14.5. The van der Waals surface area contributed by atoms with Gasteiger partial charge in [-0.15, -0.1) is 0 Å². The van der Waals surface area contributed by atoms with Crippen LogP contribution in [0.3, 0.4) is 0 Å². The summed E-state index contributed by atoms with van der Waals surface area (Å²) in [6, 6.07) is 0. The molecule has 11 heavy (non-hydrogen) atoms. The predicted molar refractivity (Wildman–Crippen MR) is 47.1 cm³/mol. The molecule has 0 bridgehead atoms. The van der Waals surface area contributed by atoms with E-state index in [1.807, 2.05) is 31.2 Å². The minimum absolute atomic E-state index is 0.525. The molecule has 0 radical (unpaired) electrons. The molecule has 0 aromatic carbocycles. The Hall–Kier alpha value is -1.26. The van der Waals surface area contributed by atoms with Gasteiger partial charge in [-0.1, -0.05) is 23.6 Å². The molecular formula is C10H11N. The van der Waals surface area contributed by atoms with Gasteiger partial charge in [0.05, 0.1) is 0 Å². The molecule has 1 aliphatic rings. The third-order valence-electron chi connectivity index (χ3n) is 1.47. The lowest BCUT2D eigenvalue weighted by Gasteiger charge is -2.01. The summed E-state index contributed by atoms with van der Waals surface area (Å²) in [6.07, 6.45) is 7.84. The zero-order valence-corrected chi connectivity index (χ0v) is 6.59. The summed E-state index contributed by atoms with van der Waals surface area (Å²) in [5.41, 5.74) is 13.5. The summed E-state index contributed by atoms with van der Waals surface area (Å²) in [5.74, 6) is 0. The molecule has 0 aromatic rings. The summed E-state index contributed by atoms with van der Waals surface area (Å²) >= 11 is 0. The lowest BCUT2D eigenvalue weighted by molar-refractivity contribution is 1.16. The number of hydrogen-bond acceptors (Lipinski definition) is 1. The van der Waals surface area contributed by atoms with Crippen LogP contribution in [0.25, 0.3) is 0 Å². The Balaban J connectivity index is 2.96. The van der Waals surface area contributed by atoms with Crippen LogP contribution in [0.1, 0.15) is 6.92 Å². The molecule has 1 rings (SSSR count). The van der Waals surface area contributed by atoms with Crippen molar-refractivity contribution in [2.75, 3.05) is 6.54 Å². The van der Waals surface area contributed by atoms with E-state index in [4.69, 9.17) is 5.73 Å². The van der Waals surface area contributed by atoms with Gasteiger partial charge in [0, 0.05) is 12.1 Å². The van der Waals surface area contributed by atoms with Crippen molar-refractivity contribution in [2.45, 2.75) is 6.92 Å². The van der Waals surface area contributed by atoms with Crippen molar-refractivity contribution in [1.82, 2.24) is 0 Å². The van der Waals surface area contributed by atoms with Crippen molar-refractivity contribution in [2.24, 2.45) is 5.73 Å². The molecule has 0 heterocycles. The Bertz CT molecular complexity index is 293. The molecule has 0 aromatic heterocycles. The highest BCUT2D eigenvalue weighted by Crippen LogP contribution is 2.10. The first-order valence-corrected chi connectivity index (χ1v) is 3.62. The molecule has 0 atom stereocenters. The molecule has 1 nitrogen and oxygen atoms in total. The third kappa shape index (κ3) is 1.83. The molecular weight excluding hydrogens is 134 g/mol. The lowest BCUT2D eigenvalue weighted by Crippen LogP contribution is -2.04. The molecule has 2 N–H and O–H groups in total. The second kappa shape index (κ2) is 3.80. The summed E-state index contributed by atoms with van der Waals surface area (Å²) in [6.45, 7) is 2.51. The van der Waals surface area contributed by atoms with Crippen LogP contribution < -0.4 is 5.73 Å². The van der Waals surface area contributed by atoms with Gasteiger partial charge in [0.1, 0.15) is 0 Å². The van der Waals surface area contributed by atoms with E-state index in [1.165, 1.54) is 0 Å². The van der Waals surface area contributed by atoms with E-state index in [9.17, 15) is 0 Å². The van der Waals surface area contributed by atoms with Gasteiger partial charge in [0.2, 0.25) is 0 Å². The fourth-order valence-electron chi connectivity index (χ4n) is 0.938. The smallest absolute Gasteiger partial charge is 0.0265 e. The fourth-order valence-corrected chi connectivity index (χ4v) is 0.938. The van der Waals surface area contributed by atoms with E-state index in [2.05, 4.69) is 11.5 Å². The van der Waals surface area contributed by atoms with Crippen molar-refractivity contribution in [3.63, 3.8) is 0 Å². The zero-order chi connectivity index (χ0) is 8.10. The molecule has 0 saturated carbocycles. The van der Waals surface area contributed by atoms with Gasteiger partial charge in [-0.2, -0.15) is 0 Å². The minimum Gasteiger partial charge on any atom is -0.326 e. The monoisotopic (exact) mass is 145 g/mol. The first-order valence-electron chi connectivity index (χ1n) is 3.62. The average Bonchev–Trinajstić information content (AvgIpc) is 2.06. The van der Waals surface area contributed by atoms with Crippen LogP contribution in [-0.2, 0) is 0 Å². The quantitative estimate of drug-likeness (QED) is 0.588. The van der Waals surface area contributed by atoms with Crippen molar-refractivity contribution in [3.05, 3.63) is 46.9 Å². The molecule has 0 unspecified atom stereocenters. The summed E-state index contributed by atoms with van der Waals surface area (Å²) in [4.78, 5) is 0. The number of rotatable bonds is 2. The van der Waals surface area contributed by atoms with E-state index < -0.39 is 0 Å². The molecule has 0 fully saturated rings. The van der Waals surface area contributed by atoms with Gasteiger partial charge < -0.3 is 5.73 Å². The topological polar surface area (TPSA) is 26.0 Å². The molecule has 0 spiro atoms. The van der Waals surface area contributed by atoms with Crippen LogP contribution in [0.5, 0.6) is 0 Å². The van der Waals surface area contributed by atoms with Crippen LogP contribution in [0.4, 0.5) is 0 Å². The minimum atomic E-state index is 0.525. The van der Waals surface area contributed by atoms with Gasteiger partial charge in [-0.05, 0) is 24.6 Å². The van der Waals surface area contributed by atoms with Crippen molar-refractivity contribution in [1.29, 1.82) is 0 Å². The van der Waals surface area contributed by atoms with Crippen LogP contribution in [-0.4, -0.2) is 6.54 Å². The van der Waals surface area contributed by atoms with Crippen LogP contribution >= 0.6 is 0 Å². The Morgan fingerprint density at radius 2 is 2.45 bits per heavy atom. The van der Waals surface area contributed by atoms with Gasteiger partial charge in [0.25, 0.3) is 0 Å². The molecule has 0 amide bonds. The van der Waals surface area contributed by atoms with E-state index >= 15 is 0 Å². The average molecular weight is 145 g/mol. The van der Waals surface area contributed by atoms with Crippen molar-refractivity contribution < 1.29 is 0 Å². The molecule has 0 saturated heterocycles. The standard InChI is InChI=1S/C10H11N/c1-2-5-9-6-3-4-7-10(9)8-11/h2-3,5-6H,8,11H2,1H3/b5-2-. The number of nitrogens with two attached hydrogens (primary N) is 1.